The largest absolute Gasteiger partial charge is 0.377 e. The van der Waals surface area contributed by atoms with Crippen molar-refractivity contribution in [1.29, 1.82) is 0 Å². The molecule has 0 amide bonds. The van der Waals surface area contributed by atoms with Crippen LogP contribution < -0.4 is 10.9 Å². The molecule has 1 N–H and O–H groups in total. The van der Waals surface area contributed by atoms with E-state index in [0.717, 1.165) is 42.5 Å². The van der Waals surface area contributed by atoms with E-state index in [0.29, 0.717) is 0 Å². The lowest BCUT2D eigenvalue weighted by Gasteiger charge is -2.15. The highest BCUT2D eigenvalue weighted by molar-refractivity contribution is 7.11. The number of rotatable bonds is 5. The quantitative estimate of drug-likeness (QED) is 0.919. The van der Waals surface area contributed by atoms with Gasteiger partial charge in [-0.05, 0) is 37.7 Å². The van der Waals surface area contributed by atoms with Crippen LogP contribution in [0.25, 0.3) is 0 Å². The van der Waals surface area contributed by atoms with Gasteiger partial charge in [0.15, 0.2) is 0 Å². The van der Waals surface area contributed by atoms with Crippen molar-refractivity contribution >= 4 is 17.0 Å². The molecule has 0 saturated heterocycles. The average Bonchev–Trinajstić information content (AvgIpc) is 2.90. The highest BCUT2D eigenvalue weighted by atomic mass is 32.1. The summed E-state index contributed by atoms with van der Waals surface area (Å²) in [5, 5.41) is 4.54. The van der Waals surface area contributed by atoms with Gasteiger partial charge in [-0.1, -0.05) is 13.8 Å². The third-order valence-corrected chi connectivity index (χ3v) is 5.24. The zero-order chi connectivity index (χ0) is 15.5. The van der Waals surface area contributed by atoms with Gasteiger partial charge >= 0.3 is 0 Å². The Kier molecular flexibility index (Phi) is 4.62. The Hall–Kier alpha value is -1.62. The predicted molar refractivity (Wildman–Crippen MR) is 91.6 cm³/mol. The van der Waals surface area contributed by atoms with Gasteiger partial charge in [-0.2, -0.15) is 0 Å². The first kappa shape index (κ1) is 15.3. The Morgan fingerprint density at radius 3 is 3.14 bits per heavy atom. The summed E-state index contributed by atoms with van der Waals surface area (Å²) in [5.41, 5.74) is 2.34. The van der Waals surface area contributed by atoms with Crippen LogP contribution in [0.1, 0.15) is 42.3 Å². The zero-order valence-corrected chi connectivity index (χ0v) is 14.1. The Balaban J connectivity index is 1.68. The predicted octanol–water partition coefficient (Wildman–Crippen LogP) is 3.45. The van der Waals surface area contributed by atoms with Gasteiger partial charge < -0.3 is 9.88 Å². The van der Waals surface area contributed by atoms with E-state index in [1.807, 2.05) is 23.6 Å². The number of hydrogen-bond donors (Lipinski definition) is 1. The Labute approximate surface area is 135 Å². The fourth-order valence-electron chi connectivity index (χ4n) is 2.90. The van der Waals surface area contributed by atoms with Crippen LogP contribution in [0.5, 0.6) is 0 Å². The number of aromatic nitrogens is 2. The first-order valence-corrected chi connectivity index (χ1v) is 8.89. The van der Waals surface area contributed by atoms with Crippen molar-refractivity contribution in [2.75, 3.05) is 5.32 Å². The molecule has 1 aliphatic carbocycles. The molecule has 2 aromatic heterocycles. The summed E-state index contributed by atoms with van der Waals surface area (Å²) in [6, 6.07) is 3.48. The highest BCUT2D eigenvalue weighted by Crippen LogP contribution is 2.29. The number of nitrogens with zero attached hydrogens (tertiary/aromatic N) is 2. The first-order chi connectivity index (χ1) is 10.7. The SMILES string of the molecule is CCCn1cc(NCc2nc3c(s2)CC(C)CC3)ccc1=O. The van der Waals surface area contributed by atoms with Crippen LogP contribution in [0.4, 0.5) is 5.69 Å². The molecular formula is C17H23N3OS. The van der Waals surface area contributed by atoms with Crippen molar-refractivity contribution in [2.45, 2.75) is 52.6 Å². The fourth-order valence-corrected chi connectivity index (χ4v) is 4.12. The summed E-state index contributed by atoms with van der Waals surface area (Å²) in [5.74, 6) is 0.784. The third kappa shape index (κ3) is 3.40. The lowest BCUT2D eigenvalue weighted by Crippen LogP contribution is -2.18. The molecular weight excluding hydrogens is 294 g/mol. The molecule has 0 spiro atoms. The minimum atomic E-state index is 0.0612. The minimum Gasteiger partial charge on any atom is -0.377 e. The number of thiazole rings is 1. The molecule has 0 fully saturated rings. The lowest BCUT2D eigenvalue weighted by atomic mass is 9.93. The van der Waals surface area contributed by atoms with E-state index in [-0.39, 0.29) is 5.56 Å². The number of anilines is 1. The second kappa shape index (κ2) is 6.65. The standard InChI is InChI=1S/C17H23N3OS/c1-3-8-20-11-13(5-7-17(20)21)18-10-16-19-14-6-4-12(2)9-15(14)22-16/h5,7,11-12,18H,3-4,6,8-10H2,1-2H3. The molecule has 0 aromatic carbocycles. The van der Waals surface area contributed by atoms with Gasteiger partial charge in [0.1, 0.15) is 5.01 Å². The van der Waals surface area contributed by atoms with Crippen molar-refractivity contribution < 1.29 is 0 Å². The van der Waals surface area contributed by atoms with Gasteiger partial charge in [-0.25, -0.2) is 4.98 Å². The summed E-state index contributed by atoms with van der Waals surface area (Å²) in [7, 11) is 0. The number of aryl methyl sites for hydroxylation is 2. The molecule has 4 nitrogen and oxygen atoms in total. The molecule has 0 radical (unpaired) electrons. The lowest BCUT2D eigenvalue weighted by molar-refractivity contribution is 0.501. The van der Waals surface area contributed by atoms with E-state index in [9.17, 15) is 4.79 Å². The van der Waals surface area contributed by atoms with E-state index < -0.39 is 0 Å². The Morgan fingerprint density at radius 1 is 1.45 bits per heavy atom. The van der Waals surface area contributed by atoms with Gasteiger partial charge in [0.05, 0.1) is 17.9 Å². The van der Waals surface area contributed by atoms with Crippen molar-refractivity contribution in [3.05, 3.63) is 44.3 Å². The van der Waals surface area contributed by atoms with Gasteiger partial charge in [-0.15, -0.1) is 11.3 Å². The van der Waals surface area contributed by atoms with Crippen LogP contribution >= 0.6 is 11.3 Å². The van der Waals surface area contributed by atoms with E-state index in [2.05, 4.69) is 19.2 Å². The molecule has 1 atom stereocenters. The molecule has 0 aliphatic heterocycles. The van der Waals surface area contributed by atoms with Crippen molar-refractivity contribution in [2.24, 2.45) is 5.92 Å². The van der Waals surface area contributed by atoms with Crippen LogP contribution in [0, 0.1) is 5.92 Å². The molecule has 118 valence electrons. The molecule has 22 heavy (non-hydrogen) atoms. The maximum absolute atomic E-state index is 11.7. The highest BCUT2D eigenvalue weighted by Gasteiger charge is 2.19. The van der Waals surface area contributed by atoms with Crippen LogP contribution in [-0.2, 0) is 25.9 Å². The molecule has 2 aromatic rings. The Morgan fingerprint density at radius 2 is 2.32 bits per heavy atom. The number of nitrogens with one attached hydrogen (secondary N) is 1. The van der Waals surface area contributed by atoms with Crippen molar-refractivity contribution in [3.63, 3.8) is 0 Å². The van der Waals surface area contributed by atoms with Crippen LogP contribution in [0.2, 0.25) is 0 Å². The second-order valence-electron chi connectivity index (χ2n) is 6.13. The number of pyridine rings is 1. The van der Waals surface area contributed by atoms with E-state index in [4.69, 9.17) is 4.98 Å². The smallest absolute Gasteiger partial charge is 0.250 e. The van der Waals surface area contributed by atoms with E-state index >= 15 is 0 Å². The molecule has 2 heterocycles. The summed E-state index contributed by atoms with van der Waals surface area (Å²) in [6.45, 7) is 5.89. The normalized spacial score (nSPS) is 17.3. The molecule has 1 unspecified atom stereocenters. The summed E-state index contributed by atoms with van der Waals surface area (Å²) < 4.78 is 1.76. The van der Waals surface area contributed by atoms with Gasteiger partial charge in [-0.3, -0.25) is 4.79 Å². The molecule has 0 bridgehead atoms. The fraction of sp³-hybridized carbons (Fsp3) is 0.529. The monoisotopic (exact) mass is 317 g/mol. The van der Waals surface area contributed by atoms with Crippen molar-refractivity contribution in [1.82, 2.24) is 9.55 Å². The van der Waals surface area contributed by atoms with E-state index in [1.165, 1.54) is 23.4 Å². The topological polar surface area (TPSA) is 46.9 Å². The van der Waals surface area contributed by atoms with Gasteiger partial charge in [0.25, 0.3) is 5.56 Å². The van der Waals surface area contributed by atoms with Crippen LogP contribution in [0.15, 0.2) is 23.1 Å². The van der Waals surface area contributed by atoms with Gasteiger partial charge in [0, 0.05) is 23.7 Å². The third-order valence-electron chi connectivity index (χ3n) is 4.12. The van der Waals surface area contributed by atoms with Gasteiger partial charge in [0.2, 0.25) is 0 Å². The second-order valence-corrected chi connectivity index (χ2v) is 7.30. The summed E-state index contributed by atoms with van der Waals surface area (Å²) in [6.07, 6.45) is 6.41. The summed E-state index contributed by atoms with van der Waals surface area (Å²) >= 11 is 1.83. The van der Waals surface area contributed by atoms with Crippen molar-refractivity contribution in [3.8, 4) is 0 Å². The Bertz CT molecular complexity index is 704. The summed E-state index contributed by atoms with van der Waals surface area (Å²) in [4.78, 5) is 18.0. The average molecular weight is 317 g/mol. The maximum atomic E-state index is 11.7. The van der Waals surface area contributed by atoms with Crippen LogP contribution in [-0.4, -0.2) is 9.55 Å². The molecule has 0 saturated carbocycles. The number of hydrogen-bond acceptors (Lipinski definition) is 4. The zero-order valence-electron chi connectivity index (χ0n) is 13.3. The molecule has 5 heteroatoms. The molecule has 1 aliphatic rings. The minimum absolute atomic E-state index is 0.0612. The van der Waals surface area contributed by atoms with Crippen LogP contribution in [0.3, 0.4) is 0 Å². The number of fused-ring (bicyclic) bond motifs is 1. The molecule has 3 rings (SSSR count). The van der Waals surface area contributed by atoms with E-state index in [1.54, 1.807) is 10.6 Å². The maximum Gasteiger partial charge on any atom is 0.250 e. The first-order valence-electron chi connectivity index (χ1n) is 8.07.